The zero-order chi connectivity index (χ0) is 17.9. The van der Waals surface area contributed by atoms with Gasteiger partial charge in [-0.2, -0.15) is 0 Å². The molecule has 1 atom stereocenters. The number of carbonyl (C=O) groups excluding carboxylic acids is 2. The summed E-state index contributed by atoms with van der Waals surface area (Å²) in [6, 6.07) is 8.44. The molecule has 126 valence electrons. The number of halogens is 2. The van der Waals surface area contributed by atoms with Gasteiger partial charge in [0.25, 0.3) is 5.91 Å². The number of ether oxygens (including phenoxy) is 1. The van der Waals surface area contributed by atoms with Gasteiger partial charge in [0.2, 0.25) is 0 Å². The van der Waals surface area contributed by atoms with Gasteiger partial charge in [0.1, 0.15) is 5.75 Å². The predicted octanol–water partition coefficient (Wildman–Crippen LogP) is 3.47. The molecule has 0 aliphatic heterocycles. The molecule has 4 N–H and O–H groups in total. The van der Waals surface area contributed by atoms with Gasteiger partial charge in [-0.25, -0.2) is 4.79 Å². The van der Waals surface area contributed by atoms with Gasteiger partial charge in [0.05, 0.1) is 16.3 Å². The lowest BCUT2D eigenvalue weighted by atomic mass is 10.1. The molecule has 0 aliphatic rings. The minimum absolute atomic E-state index is 0.0285. The van der Waals surface area contributed by atoms with Crippen LogP contribution in [0.4, 0.5) is 11.4 Å². The first-order chi connectivity index (χ1) is 11.3. The molecular weight excluding hydrogens is 355 g/mol. The Morgan fingerprint density at radius 1 is 1.21 bits per heavy atom. The van der Waals surface area contributed by atoms with Crippen LogP contribution >= 0.6 is 23.2 Å². The summed E-state index contributed by atoms with van der Waals surface area (Å²) in [6.45, 7) is 1.40. The first-order valence-corrected chi connectivity index (χ1v) is 7.59. The molecule has 2 rings (SSSR count). The number of benzene rings is 2. The van der Waals surface area contributed by atoms with E-state index in [1.807, 2.05) is 0 Å². The van der Waals surface area contributed by atoms with Crippen molar-refractivity contribution in [3.63, 3.8) is 0 Å². The summed E-state index contributed by atoms with van der Waals surface area (Å²) in [7, 11) is 0. The van der Waals surface area contributed by atoms with E-state index in [4.69, 9.17) is 33.7 Å². The number of nitrogens with one attached hydrogen (secondary N) is 1. The van der Waals surface area contributed by atoms with E-state index >= 15 is 0 Å². The molecule has 0 fully saturated rings. The molecule has 2 aromatic rings. The Morgan fingerprint density at radius 3 is 2.58 bits per heavy atom. The number of amides is 1. The van der Waals surface area contributed by atoms with Crippen molar-refractivity contribution in [2.45, 2.75) is 13.0 Å². The number of nitrogen functional groups attached to an aromatic ring is 1. The van der Waals surface area contributed by atoms with Gasteiger partial charge in [0, 0.05) is 10.7 Å². The van der Waals surface area contributed by atoms with Gasteiger partial charge >= 0.3 is 5.97 Å². The maximum Gasteiger partial charge on any atom is 0.341 e. The number of anilines is 2. The molecule has 24 heavy (non-hydrogen) atoms. The van der Waals surface area contributed by atoms with Crippen molar-refractivity contribution in [2.75, 3.05) is 11.1 Å². The highest BCUT2D eigenvalue weighted by atomic mass is 35.5. The summed E-state index contributed by atoms with van der Waals surface area (Å²) in [4.78, 5) is 24.2. The van der Waals surface area contributed by atoms with Crippen molar-refractivity contribution < 1.29 is 19.4 Å². The fourth-order valence-electron chi connectivity index (χ4n) is 1.82. The summed E-state index contributed by atoms with van der Waals surface area (Å²) in [5, 5.41) is 12.6. The van der Waals surface area contributed by atoms with Gasteiger partial charge in [-0.15, -0.1) is 0 Å². The van der Waals surface area contributed by atoms with Gasteiger partial charge in [0.15, 0.2) is 6.10 Å². The quantitative estimate of drug-likeness (QED) is 0.435. The number of phenolic OH excluding ortho intramolecular Hbond substituents is 1. The number of hydrogen-bond acceptors (Lipinski definition) is 5. The zero-order valence-corrected chi connectivity index (χ0v) is 14.1. The second kappa shape index (κ2) is 7.42. The Morgan fingerprint density at radius 2 is 1.92 bits per heavy atom. The molecule has 0 spiro atoms. The topological polar surface area (TPSA) is 102 Å². The zero-order valence-electron chi connectivity index (χ0n) is 12.5. The number of phenols is 1. The van der Waals surface area contributed by atoms with E-state index < -0.39 is 18.0 Å². The monoisotopic (exact) mass is 368 g/mol. The van der Waals surface area contributed by atoms with Crippen molar-refractivity contribution in [1.29, 1.82) is 0 Å². The van der Waals surface area contributed by atoms with E-state index in [0.717, 1.165) is 0 Å². The highest BCUT2D eigenvalue weighted by Crippen LogP contribution is 2.26. The minimum atomic E-state index is -1.11. The molecule has 0 bridgehead atoms. The van der Waals surface area contributed by atoms with Crippen molar-refractivity contribution in [3.05, 3.63) is 52.0 Å². The summed E-state index contributed by atoms with van der Waals surface area (Å²) in [5.74, 6) is -1.54. The molecule has 0 saturated heterocycles. The maximum absolute atomic E-state index is 12.1. The Bertz CT molecular complexity index is 796. The van der Waals surface area contributed by atoms with E-state index in [0.29, 0.717) is 10.7 Å². The molecule has 6 nitrogen and oxygen atoms in total. The van der Waals surface area contributed by atoms with Crippen LogP contribution in [0.25, 0.3) is 0 Å². The van der Waals surface area contributed by atoms with Crippen LogP contribution in [0.5, 0.6) is 5.75 Å². The van der Waals surface area contributed by atoms with Gasteiger partial charge in [-0.3, -0.25) is 4.79 Å². The van der Waals surface area contributed by atoms with Crippen molar-refractivity contribution >= 4 is 46.5 Å². The second-order valence-electron chi connectivity index (χ2n) is 4.93. The normalized spacial score (nSPS) is 11.6. The van der Waals surface area contributed by atoms with Crippen LogP contribution in [0.3, 0.4) is 0 Å². The van der Waals surface area contributed by atoms with E-state index in [2.05, 4.69) is 5.32 Å². The standard InChI is InChI=1S/C16H14Cl2N2O4/c1-8(15(22)20-14-5-2-9(17)6-12(14)18)24-16(23)11-7-10(21)3-4-13(11)19/h2-8,21H,19H2,1H3,(H,20,22). The Hall–Kier alpha value is -2.44. The van der Waals surface area contributed by atoms with Crippen LogP contribution in [0.15, 0.2) is 36.4 Å². The first-order valence-electron chi connectivity index (χ1n) is 6.83. The number of aromatic hydroxyl groups is 1. The number of rotatable bonds is 4. The van der Waals surface area contributed by atoms with Crippen LogP contribution in [-0.4, -0.2) is 23.1 Å². The average Bonchev–Trinajstić information content (AvgIpc) is 2.52. The average molecular weight is 369 g/mol. The molecule has 0 aromatic heterocycles. The maximum atomic E-state index is 12.1. The van der Waals surface area contributed by atoms with E-state index in [-0.39, 0.29) is 22.0 Å². The van der Waals surface area contributed by atoms with Crippen LogP contribution in [0.2, 0.25) is 10.0 Å². The highest BCUT2D eigenvalue weighted by Gasteiger charge is 2.21. The smallest absolute Gasteiger partial charge is 0.341 e. The fourth-order valence-corrected chi connectivity index (χ4v) is 2.28. The second-order valence-corrected chi connectivity index (χ2v) is 5.78. The Balaban J connectivity index is 2.05. The fraction of sp³-hybridized carbons (Fsp3) is 0.125. The number of esters is 1. The summed E-state index contributed by atoms with van der Waals surface area (Å²) in [5.41, 5.74) is 6.10. The van der Waals surface area contributed by atoms with Gasteiger partial charge in [-0.1, -0.05) is 23.2 Å². The van der Waals surface area contributed by atoms with Crippen LogP contribution in [0, 0.1) is 0 Å². The van der Waals surface area contributed by atoms with Crippen molar-refractivity contribution in [3.8, 4) is 5.75 Å². The Kier molecular flexibility index (Phi) is 5.54. The van der Waals surface area contributed by atoms with E-state index in [1.165, 1.54) is 37.3 Å². The van der Waals surface area contributed by atoms with Gasteiger partial charge in [-0.05, 0) is 43.3 Å². The molecular formula is C16H14Cl2N2O4. The lowest BCUT2D eigenvalue weighted by Gasteiger charge is -2.15. The summed E-state index contributed by atoms with van der Waals surface area (Å²) >= 11 is 11.7. The van der Waals surface area contributed by atoms with Crippen LogP contribution in [0.1, 0.15) is 17.3 Å². The molecule has 0 radical (unpaired) electrons. The molecule has 1 unspecified atom stereocenters. The molecule has 1 amide bonds. The van der Waals surface area contributed by atoms with Crippen molar-refractivity contribution in [2.24, 2.45) is 0 Å². The third-order valence-electron chi connectivity index (χ3n) is 3.10. The lowest BCUT2D eigenvalue weighted by molar-refractivity contribution is -0.123. The molecule has 0 aliphatic carbocycles. The third-order valence-corrected chi connectivity index (χ3v) is 3.65. The number of carbonyl (C=O) groups is 2. The van der Waals surface area contributed by atoms with E-state index in [1.54, 1.807) is 6.07 Å². The molecule has 8 heteroatoms. The summed E-state index contributed by atoms with van der Waals surface area (Å²) < 4.78 is 5.06. The van der Waals surface area contributed by atoms with Crippen molar-refractivity contribution in [1.82, 2.24) is 0 Å². The lowest BCUT2D eigenvalue weighted by Crippen LogP contribution is -2.30. The Labute approximate surface area is 148 Å². The number of nitrogens with two attached hydrogens (primary N) is 1. The minimum Gasteiger partial charge on any atom is -0.508 e. The highest BCUT2D eigenvalue weighted by molar-refractivity contribution is 6.36. The predicted molar refractivity (Wildman–Crippen MR) is 92.5 cm³/mol. The molecule has 0 saturated carbocycles. The van der Waals surface area contributed by atoms with E-state index in [9.17, 15) is 14.7 Å². The third kappa shape index (κ3) is 4.31. The SMILES string of the molecule is CC(OC(=O)c1cc(O)ccc1N)C(=O)Nc1ccc(Cl)cc1Cl. The first kappa shape index (κ1) is 17.9. The van der Waals surface area contributed by atoms with Crippen LogP contribution in [-0.2, 0) is 9.53 Å². The van der Waals surface area contributed by atoms with Gasteiger partial charge < -0.3 is 20.9 Å². The molecule has 2 aromatic carbocycles. The number of hydrogen-bond donors (Lipinski definition) is 3. The van der Waals surface area contributed by atoms with Crippen LogP contribution < -0.4 is 11.1 Å². The summed E-state index contributed by atoms with van der Waals surface area (Å²) in [6.07, 6.45) is -1.11. The molecule has 0 heterocycles. The largest absolute Gasteiger partial charge is 0.508 e.